The smallest absolute Gasteiger partial charge is 0.354 e. The molecule has 0 saturated carbocycles. The van der Waals surface area contributed by atoms with Gasteiger partial charge in [-0.05, 0) is 90.2 Å². The molecule has 0 aliphatic carbocycles. The van der Waals surface area contributed by atoms with E-state index in [4.69, 9.17) is 54.9 Å². The van der Waals surface area contributed by atoms with Gasteiger partial charge in [0.1, 0.15) is 18.0 Å². The number of nitrogens with zero attached hydrogens (tertiary/aromatic N) is 6. The summed E-state index contributed by atoms with van der Waals surface area (Å²) in [5.74, 6) is -7.78. The first-order valence-corrected chi connectivity index (χ1v) is 27.2. The van der Waals surface area contributed by atoms with Gasteiger partial charge in [0.05, 0.1) is 11.9 Å². The number of hydrogen-bond donors (Lipinski definition) is 3. The third kappa shape index (κ3) is 31.0. The van der Waals surface area contributed by atoms with E-state index in [-0.39, 0.29) is 92.4 Å². The van der Waals surface area contributed by atoms with Crippen molar-refractivity contribution in [3.05, 3.63) is 300 Å². The number of carboxylic acid groups (broad SMARTS) is 2. The quantitative estimate of drug-likeness (QED) is 0.0274. The van der Waals surface area contributed by atoms with E-state index in [0.717, 1.165) is 48.5 Å². The Hall–Kier alpha value is -9.09. The van der Waals surface area contributed by atoms with Crippen molar-refractivity contribution >= 4 is 58.0 Å². The molecule has 2 radical (unpaired) electrons. The fourth-order valence-corrected chi connectivity index (χ4v) is 6.16. The first kappa shape index (κ1) is 82.9. The van der Waals surface area contributed by atoms with Crippen LogP contribution in [0.5, 0.6) is 0 Å². The molecule has 6 heterocycles. The summed E-state index contributed by atoms with van der Waals surface area (Å²) in [5.41, 5.74) is 4.42. The van der Waals surface area contributed by atoms with Crippen molar-refractivity contribution in [3.8, 4) is 45.0 Å². The molecule has 0 spiro atoms. The molecule has 0 aliphatic heterocycles. The number of allylic oxidation sites excluding steroid dienone is 1. The number of pyridine rings is 6. The molecular weight excluding hydrogens is 1660 g/mol. The summed E-state index contributed by atoms with van der Waals surface area (Å²) in [4.78, 5) is 64.7. The molecule has 0 aliphatic rings. The fourth-order valence-electron chi connectivity index (χ4n) is 6.16. The van der Waals surface area contributed by atoms with Gasteiger partial charge in [-0.25, -0.2) is 24.4 Å². The summed E-state index contributed by atoms with van der Waals surface area (Å²) in [7, 11) is 0. The number of carbonyl (C=O) groups excluding carboxylic acids is 2. The van der Waals surface area contributed by atoms with Crippen molar-refractivity contribution in [2.75, 3.05) is 5.34 Å². The molecule has 0 fully saturated rings. The Bertz CT molecular complexity index is 3630. The largest absolute Gasteiger partial charge is 0.477 e. The van der Waals surface area contributed by atoms with Crippen LogP contribution in [0.4, 0.5) is 35.1 Å². The van der Waals surface area contributed by atoms with Crippen LogP contribution in [0.1, 0.15) is 46.0 Å². The zero-order valence-electron chi connectivity index (χ0n) is 48.7. The van der Waals surface area contributed by atoms with Crippen LogP contribution in [-0.4, -0.2) is 73.7 Å². The minimum absolute atomic E-state index is 0. The second-order valence-electron chi connectivity index (χ2n) is 17.4. The topological polar surface area (TPSA) is 216 Å². The number of halogens is 11. The third-order valence-corrected chi connectivity index (χ3v) is 10.8. The zero-order valence-corrected chi connectivity index (χ0v) is 55.8. The monoisotopic (exact) mass is 1710 g/mol. The van der Waals surface area contributed by atoms with Crippen LogP contribution in [0.2, 0.25) is 0 Å². The number of hydrogen-bond acceptors (Lipinski definition) is 12. The van der Waals surface area contributed by atoms with E-state index < -0.39 is 69.7 Å². The molecule has 6 aromatic heterocycles. The molecule has 0 bridgehead atoms. The molecule has 0 amide bonds. The summed E-state index contributed by atoms with van der Waals surface area (Å²) < 4.78 is 108. The second kappa shape index (κ2) is 45.2. The van der Waals surface area contributed by atoms with E-state index >= 15 is 0 Å². The summed E-state index contributed by atoms with van der Waals surface area (Å²) in [6.45, 7) is 9.76. The number of rotatable bonds is 11. The summed E-state index contributed by atoms with van der Waals surface area (Å²) in [5, 5.41) is 25.3. The Balaban J connectivity index is 0.000000548. The summed E-state index contributed by atoms with van der Waals surface area (Å²) >= 11 is 14.4. The number of aliphatic hydroxyl groups is 1. The van der Waals surface area contributed by atoms with Gasteiger partial charge in [0, 0.05) is 141 Å². The van der Waals surface area contributed by atoms with Crippen LogP contribution in [0, 0.1) is 70.8 Å². The minimum Gasteiger partial charge on any atom is -0.477 e. The van der Waals surface area contributed by atoms with Gasteiger partial charge in [-0.3, -0.25) is 39.9 Å². The average molecular weight is 1710 g/mol. The number of carbonyl (C=O) groups is 4. The van der Waals surface area contributed by atoms with E-state index in [2.05, 4.69) is 67.3 Å². The normalized spacial score (nSPS) is 9.47. The molecule has 3 N–H and O–H groups in total. The van der Waals surface area contributed by atoms with Crippen molar-refractivity contribution in [2.45, 2.75) is 27.1 Å². The summed E-state index contributed by atoms with van der Waals surface area (Å²) in [6, 6.07) is 43.9. The van der Waals surface area contributed by atoms with Gasteiger partial charge >= 0.3 is 17.9 Å². The Labute approximate surface area is 576 Å². The van der Waals surface area contributed by atoms with E-state index in [0.29, 0.717) is 45.0 Å². The molecule has 0 unspecified atom stereocenters. The van der Waals surface area contributed by atoms with Gasteiger partial charge in [0.15, 0.2) is 0 Å². The van der Waals surface area contributed by atoms with Gasteiger partial charge < -0.3 is 40.0 Å². The maximum Gasteiger partial charge on any atom is 0.354 e. The predicted octanol–water partition coefficient (Wildman–Crippen LogP) is 15.7. The third-order valence-electron chi connectivity index (χ3n) is 10.4. The van der Waals surface area contributed by atoms with Crippen LogP contribution in [-0.2, 0) is 67.8 Å². The van der Waals surface area contributed by atoms with Gasteiger partial charge in [-0.2, -0.15) is 0 Å². The van der Waals surface area contributed by atoms with Crippen LogP contribution in [0.25, 0.3) is 45.0 Å². The number of aromatic carboxylic acids is 2. The molecule has 10 rings (SSSR count). The molecule has 0 atom stereocenters. The summed E-state index contributed by atoms with van der Waals surface area (Å²) in [6.07, 6.45) is 8.88. The maximum absolute atomic E-state index is 13.2. The minimum atomic E-state index is -1.09. The Morgan fingerprint density at radius 3 is 0.936 bits per heavy atom. The van der Waals surface area contributed by atoms with Gasteiger partial charge in [0.25, 0.3) is 0 Å². The molecule has 0 saturated heterocycles. The van der Waals surface area contributed by atoms with E-state index in [1.807, 2.05) is 0 Å². The SMILES string of the molecule is C=C(C)C(=O)Cl.C=C(C)C(=O)OCc1ccc(C(=O)O)nc1.ClCCl.Fc1c[c-]c(-c2ccccn2)c(F)c1.Fc1c[c-]c(-c2ccccn2)c(F)c1.Fc1c[c-]c(-c2ccccn2)c(F)c1.Fc1c[c-]c(-c2ccccn2)c(F)c1.O=C(O)c1ccc(CO)cn1.[Ir].[Ir]. The van der Waals surface area contributed by atoms with Crippen LogP contribution < -0.4 is 0 Å². The molecular formula is C67H49Cl3F8Ir2N6O8-4. The number of esters is 1. The van der Waals surface area contributed by atoms with Crippen molar-refractivity contribution < 1.29 is 115 Å². The van der Waals surface area contributed by atoms with Crippen LogP contribution in [0.15, 0.2) is 207 Å². The number of aromatic nitrogens is 6. The maximum atomic E-state index is 13.2. The Morgan fingerprint density at radius 1 is 0.468 bits per heavy atom. The first-order valence-electron chi connectivity index (χ1n) is 25.8. The number of ether oxygens (including phenoxy) is 1. The number of alkyl halides is 2. The molecule has 494 valence electrons. The van der Waals surface area contributed by atoms with Crippen LogP contribution >= 0.6 is 34.8 Å². The Kier molecular flexibility index (Phi) is 39.9. The van der Waals surface area contributed by atoms with Gasteiger partial charge in [0.2, 0.25) is 5.24 Å². The average Bonchev–Trinajstić information content (AvgIpc) is 0.991. The molecule has 10 aromatic rings. The molecule has 94 heavy (non-hydrogen) atoms. The standard InChI is InChI=1S/4C11H6F2N.C11H11NO4.C7H7NO3.C4H5ClO.CH2Cl2.2Ir/c4*12-8-4-5-9(10(13)7-8)11-3-1-2-6-14-11;1-7(2)11(15)16-6-8-3-4-9(10(13)14)12-5-8;9-4-5-1-2-6(7(10)11)8-3-5;1-3(2)4(5)6;2-1-3;;/h4*1-4,6-7H;3-5H,1,6H2,2H3,(H,13,14);1-3,9H,4H2,(H,10,11);1H2,2H3;1H2;;/q4*-1;;;;;;. The predicted molar refractivity (Wildman–Crippen MR) is 329 cm³/mol. The second-order valence-corrected chi connectivity index (χ2v) is 18.6. The molecule has 27 heteroatoms. The Morgan fingerprint density at radius 2 is 0.745 bits per heavy atom. The van der Waals surface area contributed by atoms with Crippen molar-refractivity contribution in [1.29, 1.82) is 0 Å². The number of carboxylic acids is 2. The van der Waals surface area contributed by atoms with Crippen LogP contribution in [0.3, 0.4) is 0 Å². The van der Waals surface area contributed by atoms with Gasteiger partial charge in [-0.1, -0.05) is 120 Å². The van der Waals surface area contributed by atoms with Crippen molar-refractivity contribution in [3.63, 3.8) is 0 Å². The molecule has 4 aromatic carbocycles. The van der Waals surface area contributed by atoms with Crippen molar-refractivity contribution in [1.82, 2.24) is 29.9 Å². The molecule has 14 nitrogen and oxygen atoms in total. The van der Waals surface area contributed by atoms with E-state index in [9.17, 15) is 54.3 Å². The fraction of sp³-hybridized carbons (Fsp3) is 0.0746. The van der Waals surface area contributed by atoms with Crippen molar-refractivity contribution in [2.24, 2.45) is 0 Å². The first-order chi connectivity index (χ1) is 43.9. The number of aliphatic hydroxyl groups excluding tert-OH is 1. The zero-order chi connectivity index (χ0) is 68.1. The van der Waals surface area contributed by atoms with E-state index in [1.165, 1.54) is 30.6 Å². The van der Waals surface area contributed by atoms with Gasteiger partial charge in [-0.15, -0.1) is 71.7 Å². The van der Waals surface area contributed by atoms with E-state index in [1.54, 1.807) is 117 Å². The number of benzene rings is 4.